The number of hydrogen-bond acceptors (Lipinski definition) is 6. The highest BCUT2D eigenvalue weighted by molar-refractivity contribution is 7.89. The molecule has 0 bridgehead atoms. The number of carbonyl (C=O) groups excluding carboxylic acids is 1. The third-order valence-corrected chi connectivity index (χ3v) is 5.86. The molecule has 0 saturated carbocycles. The van der Waals surface area contributed by atoms with E-state index < -0.39 is 15.9 Å². The van der Waals surface area contributed by atoms with Gasteiger partial charge in [0.15, 0.2) is 5.69 Å². The first-order chi connectivity index (χ1) is 12.3. The Bertz CT molecular complexity index is 873. The molecule has 0 radical (unpaired) electrons. The maximum atomic E-state index is 12.7. The topological polar surface area (TPSA) is 105 Å². The Morgan fingerprint density at radius 2 is 1.85 bits per heavy atom. The number of rotatable bonds is 8. The minimum Gasteiger partial charge on any atom is -0.384 e. The van der Waals surface area contributed by atoms with E-state index in [-0.39, 0.29) is 10.6 Å². The Labute approximate surface area is 153 Å². The predicted molar refractivity (Wildman–Crippen MR) is 99.9 cm³/mol. The maximum Gasteiger partial charge on any atom is 0.277 e. The van der Waals surface area contributed by atoms with Crippen LogP contribution in [-0.4, -0.2) is 43.4 Å². The smallest absolute Gasteiger partial charge is 0.277 e. The average molecular weight is 380 g/mol. The molecule has 1 aromatic heterocycles. The molecule has 1 aromatic carbocycles. The Morgan fingerprint density at radius 1 is 1.15 bits per heavy atom. The van der Waals surface area contributed by atoms with Gasteiger partial charge in [-0.1, -0.05) is 19.0 Å². The summed E-state index contributed by atoms with van der Waals surface area (Å²) in [5.41, 5.74) is 1.12. The highest BCUT2D eigenvalue weighted by Gasteiger charge is 2.23. The molecule has 0 saturated heterocycles. The van der Waals surface area contributed by atoms with Gasteiger partial charge in [0.05, 0.1) is 16.3 Å². The van der Waals surface area contributed by atoms with Crippen molar-refractivity contribution in [2.45, 2.75) is 32.6 Å². The Morgan fingerprint density at radius 3 is 2.38 bits per heavy atom. The molecule has 0 spiro atoms. The summed E-state index contributed by atoms with van der Waals surface area (Å²) in [6.07, 6.45) is 0. The summed E-state index contributed by atoms with van der Waals surface area (Å²) in [6, 6.07) is 6.14. The van der Waals surface area contributed by atoms with Crippen molar-refractivity contribution in [3.05, 3.63) is 35.7 Å². The first kappa shape index (κ1) is 19.9. The Kier molecular flexibility index (Phi) is 6.38. The summed E-state index contributed by atoms with van der Waals surface area (Å²) in [7, 11) is -3.63. The van der Waals surface area contributed by atoms with Gasteiger partial charge in [-0.15, -0.1) is 0 Å². The largest absolute Gasteiger partial charge is 0.384 e. The molecule has 1 amide bonds. The number of nitrogens with one attached hydrogen (secondary N) is 2. The van der Waals surface area contributed by atoms with Gasteiger partial charge in [-0.3, -0.25) is 4.79 Å². The summed E-state index contributed by atoms with van der Waals surface area (Å²) >= 11 is 0. The Hall–Kier alpha value is -2.39. The second kappa shape index (κ2) is 8.33. The highest BCUT2D eigenvalue weighted by atomic mass is 32.2. The van der Waals surface area contributed by atoms with Crippen LogP contribution in [0.2, 0.25) is 0 Å². The summed E-state index contributed by atoms with van der Waals surface area (Å²) in [4.78, 5) is 12.5. The van der Waals surface area contributed by atoms with Gasteiger partial charge < -0.3 is 15.2 Å². The van der Waals surface area contributed by atoms with Crippen molar-refractivity contribution in [1.29, 1.82) is 0 Å². The zero-order valence-electron chi connectivity index (χ0n) is 15.4. The number of aromatic nitrogens is 1. The van der Waals surface area contributed by atoms with E-state index in [0.29, 0.717) is 36.8 Å². The second-order valence-corrected chi connectivity index (χ2v) is 7.54. The van der Waals surface area contributed by atoms with Gasteiger partial charge in [-0.2, -0.15) is 4.31 Å². The van der Waals surface area contributed by atoms with E-state index in [1.54, 1.807) is 26.8 Å². The summed E-state index contributed by atoms with van der Waals surface area (Å²) in [5.74, 6) is 0.0401. The molecule has 26 heavy (non-hydrogen) atoms. The molecule has 9 heteroatoms. The van der Waals surface area contributed by atoms with E-state index in [2.05, 4.69) is 15.8 Å². The third kappa shape index (κ3) is 4.23. The molecule has 2 aromatic rings. The van der Waals surface area contributed by atoms with Crippen LogP contribution in [0.3, 0.4) is 0 Å². The number of aryl methyl sites for hydroxylation is 1. The quantitative estimate of drug-likeness (QED) is 0.730. The molecule has 142 valence electrons. The summed E-state index contributed by atoms with van der Waals surface area (Å²) in [6.45, 7) is 8.51. The summed E-state index contributed by atoms with van der Waals surface area (Å²) in [5, 5.41) is 9.49. The number of anilines is 2. The standard InChI is InChI=1S/C17H24N4O4S/c1-5-18-14-9-8-13(26(23,24)21(6-2)7-3)11-15(14)19-17(22)16-10-12(4)25-20-16/h8-11,18H,5-7H2,1-4H3,(H,19,22). The van der Waals surface area contributed by atoms with E-state index in [9.17, 15) is 13.2 Å². The number of sulfonamides is 1. The molecule has 0 aliphatic carbocycles. The van der Waals surface area contributed by atoms with Crippen LogP contribution >= 0.6 is 0 Å². The van der Waals surface area contributed by atoms with E-state index in [1.807, 2.05) is 6.92 Å². The molecule has 0 aliphatic rings. The zero-order chi connectivity index (χ0) is 19.3. The first-order valence-electron chi connectivity index (χ1n) is 8.46. The fraction of sp³-hybridized carbons (Fsp3) is 0.412. The van der Waals surface area contributed by atoms with Crippen molar-refractivity contribution in [3.63, 3.8) is 0 Å². The van der Waals surface area contributed by atoms with Gasteiger partial charge >= 0.3 is 0 Å². The molecule has 0 fully saturated rings. The number of nitrogens with zero attached hydrogens (tertiary/aromatic N) is 2. The lowest BCUT2D eigenvalue weighted by Gasteiger charge is -2.20. The lowest BCUT2D eigenvalue weighted by Crippen LogP contribution is -2.30. The van der Waals surface area contributed by atoms with Gasteiger partial charge in [0.25, 0.3) is 5.91 Å². The Balaban J connectivity index is 2.41. The lowest BCUT2D eigenvalue weighted by atomic mass is 10.2. The second-order valence-electron chi connectivity index (χ2n) is 5.60. The van der Waals surface area contributed by atoms with Crippen molar-refractivity contribution < 1.29 is 17.7 Å². The molecule has 2 rings (SSSR count). The molecule has 0 unspecified atom stereocenters. The lowest BCUT2D eigenvalue weighted by molar-refractivity contribution is 0.101. The predicted octanol–water partition coefficient (Wildman–Crippen LogP) is 2.70. The van der Waals surface area contributed by atoms with Gasteiger partial charge in [0.1, 0.15) is 5.76 Å². The molecule has 0 atom stereocenters. The first-order valence-corrected chi connectivity index (χ1v) is 9.90. The fourth-order valence-electron chi connectivity index (χ4n) is 2.50. The minimum absolute atomic E-state index is 0.120. The highest BCUT2D eigenvalue weighted by Crippen LogP contribution is 2.27. The van der Waals surface area contributed by atoms with E-state index in [1.165, 1.54) is 22.5 Å². The SMILES string of the molecule is CCNc1ccc(S(=O)(=O)N(CC)CC)cc1NC(=O)c1cc(C)on1. The van der Waals surface area contributed by atoms with Crippen molar-refractivity contribution in [2.75, 3.05) is 30.3 Å². The van der Waals surface area contributed by atoms with Crippen LogP contribution in [-0.2, 0) is 10.0 Å². The molecular formula is C17H24N4O4S. The molecule has 8 nitrogen and oxygen atoms in total. The van der Waals surface area contributed by atoms with E-state index in [0.717, 1.165) is 0 Å². The van der Waals surface area contributed by atoms with E-state index in [4.69, 9.17) is 4.52 Å². The van der Waals surface area contributed by atoms with Crippen LogP contribution in [0.15, 0.2) is 33.7 Å². The summed E-state index contributed by atoms with van der Waals surface area (Å²) < 4.78 is 31.8. The van der Waals surface area contributed by atoms with Crippen LogP contribution in [0.4, 0.5) is 11.4 Å². The maximum absolute atomic E-state index is 12.7. The van der Waals surface area contributed by atoms with Crippen LogP contribution in [0, 0.1) is 6.92 Å². The van der Waals surface area contributed by atoms with Crippen LogP contribution in [0.5, 0.6) is 0 Å². The number of amides is 1. The van der Waals surface area contributed by atoms with Crippen molar-refractivity contribution in [2.24, 2.45) is 0 Å². The van der Waals surface area contributed by atoms with Crippen LogP contribution in [0.1, 0.15) is 37.0 Å². The zero-order valence-corrected chi connectivity index (χ0v) is 16.2. The monoisotopic (exact) mass is 380 g/mol. The normalized spacial score (nSPS) is 11.6. The number of benzene rings is 1. The van der Waals surface area contributed by atoms with Gasteiger partial charge in [0.2, 0.25) is 10.0 Å². The van der Waals surface area contributed by atoms with Crippen LogP contribution < -0.4 is 10.6 Å². The molecule has 0 aliphatic heterocycles. The number of hydrogen-bond donors (Lipinski definition) is 2. The van der Waals surface area contributed by atoms with Crippen molar-refractivity contribution >= 4 is 27.3 Å². The van der Waals surface area contributed by atoms with Crippen molar-refractivity contribution in [3.8, 4) is 0 Å². The van der Waals surface area contributed by atoms with Gasteiger partial charge in [-0.25, -0.2) is 8.42 Å². The molecular weight excluding hydrogens is 356 g/mol. The fourth-order valence-corrected chi connectivity index (χ4v) is 3.99. The van der Waals surface area contributed by atoms with Gasteiger partial charge in [0, 0.05) is 25.7 Å². The van der Waals surface area contributed by atoms with Crippen molar-refractivity contribution in [1.82, 2.24) is 9.46 Å². The number of carbonyl (C=O) groups is 1. The van der Waals surface area contributed by atoms with Gasteiger partial charge in [-0.05, 0) is 32.0 Å². The average Bonchev–Trinajstić information content (AvgIpc) is 3.04. The molecule has 1 heterocycles. The van der Waals surface area contributed by atoms with Crippen LogP contribution in [0.25, 0.3) is 0 Å². The molecule has 2 N–H and O–H groups in total. The third-order valence-electron chi connectivity index (χ3n) is 3.81. The minimum atomic E-state index is -3.63. The van der Waals surface area contributed by atoms with E-state index >= 15 is 0 Å².